The number of nitrogens with zero attached hydrogens (tertiary/aromatic N) is 2. The van der Waals surface area contributed by atoms with Gasteiger partial charge in [0.25, 0.3) is 0 Å². The van der Waals surface area contributed by atoms with Gasteiger partial charge in [0, 0.05) is 24.6 Å². The molecule has 0 radical (unpaired) electrons. The Labute approximate surface area is 141 Å². The Bertz CT molecular complexity index is 433. The second-order valence-corrected chi connectivity index (χ2v) is 6.14. The number of aliphatic hydroxyl groups is 1. The van der Waals surface area contributed by atoms with Gasteiger partial charge in [0.05, 0.1) is 6.54 Å². The van der Waals surface area contributed by atoms with Crippen LogP contribution in [0.15, 0.2) is 35.3 Å². The van der Waals surface area contributed by atoms with E-state index in [4.69, 9.17) is 5.73 Å². The van der Waals surface area contributed by atoms with Crippen LogP contribution in [0.3, 0.4) is 0 Å². The zero-order chi connectivity index (χ0) is 13.7. The fourth-order valence-electron chi connectivity index (χ4n) is 2.02. The lowest BCUT2D eigenvalue weighted by Gasteiger charge is -2.28. The van der Waals surface area contributed by atoms with E-state index >= 15 is 0 Å². The van der Waals surface area contributed by atoms with Crippen LogP contribution in [-0.2, 0) is 5.60 Å². The zero-order valence-corrected chi connectivity index (χ0v) is 14.8. The van der Waals surface area contributed by atoms with Crippen LogP contribution in [0.4, 0.5) is 0 Å². The van der Waals surface area contributed by atoms with Crippen LogP contribution in [-0.4, -0.2) is 47.1 Å². The van der Waals surface area contributed by atoms with Crippen molar-refractivity contribution in [2.24, 2.45) is 10.7 Å². The predicted molar refractivity (Wildman–Crippen MR) is 96.8 cm³/mol. The van der Waals surface area contributed by atoms with E-state index in [1.807, 2.05) is 42.1 Å². The molecule has 1 aromatic rings. The van der Waals surface area contributed by atoms with Crippen LogP contribution < -0.4 is 5.73 Å². The quantitative estimate of drug-likeness (QED) is 0.457. The molecule has 1 aliphatic heterocycles. The summed E-state index contributed by atoms with van der Waals surface area (Å²) in [4.78, 5) is 6.44. The highest BCUT2D eigenvalue weighted by Crippen LogP contribution is 2.20. The van der Waals surface area contributed by atoms with Gasteiger partial charge in [-0.1, -0.05) is 30.3 Å². The van der Waals surface area contributed by atoms with Crippen molar-refractivity contribution < 1.29 is 5.11 Å². The Morgan fingerprint density at radius 3 is 2.55 bits per heavy atom. The number of benzene rings is 1. The lowest BCUT2D eigenvalue weighted by atomic mass is 9.96. The van der Waals surface area contributed by atoms with Crippen LogP contribution in [0.1, 0.15) is 12.5 Å². The van der Waals surface area contributed by atoms with Crippen molar-refractivity contribution in [2.75, 3.05) is 31.1 Å². The van der Waals surface area contributed by atoms with Gasteiger partial charge in [-0.15, -0.1) is 24.0 Å². The van der Waals surface area contributed by atoms with Crippen molar-refractivity contribution in [2.45, 2.75) is 12.5 Å². The molecule has 0 saturated carbocycles. The first-order valence-corrected chi connectivity index (χ1v) is 7.65. The van der Waals surface area contributed by atoms with Gasteiger partial charge in [0.2, 0.25) is 0 Å². The Morgan fingerprint density at radius 2 is 1.95 bits per heavy atom. The molecule has 1 aromatic carbocycles. The fourth-order valence-corrected chi connectivity index (χ4v) is 2.92. The highest BCUT2D eigenvalue weighted by molar-refractivity contribution is 14.0. The summed E-state index contributed by atoms with van der Waals surface area (Å²) in [5, 5.41) is 10.4. The maximum atomic E-state index is 10.4. The predicted octanol–water partition coefficient (Wildman–Crippen LogP) is 1.88. The van der Waals surface area contributed by atoms with Gasteiger partial charge in [-0.2, -0.15) is 11.8 Å². The lowest BCUT2D eigenvalue weighted by molar-refractivity contribution is 0.0671. The molecule has 2 rings (SSSR count). The summed E-state index contributed by atoms with van der Waals surface area (Å²) in [6.07, 6.45) is 0. The molecule has 0 spiro atoms. The van der Waals surface area contributed by atoms with Gasteiger partial charge < -0.3 is 15.7 Å². The molecular weight excluding hydrogens is 385 g/mol. The van der Waals surface area contributed by atoms with Gasteiger partial charge in [-0.25, -0.2) is 4.99 Å². The van der Waals surface area contributed by atoms with Gasteiger partial charge in [0.15, 0.2) is 5.96 Å². The van der Waals surface area contributed by atoms with Crippen molar-refractivity contribution in [1.29, 1.82) is 0 Å². The van der Waals surface area contributed by atoms with Crippen molar-refractivity contribution in [3.63, 3.8) is 0 Å². The molecular formula is C14H22IN3OS. The van der Waals surface area contributed by atoms with Gasteiger partial charge >= 0.3 is 0 Å². The minimum atomic E-state index is -0.976. The minimum absolute atomic E-state index is 0. The number of aliphatic imine (C=N–C) groups is 1. The normalized spacial score (nSPS) is 19.1. The van der Waals surface area contributed by atoms with Gasteiger partial charge in [-0.3, -0.25) is 0 Å². The van der Waals surface area contributed by atoms with Crippen molar-refractivity contribution in [3.05, 3.63) is 35.9 Å². The van der Waals surface area contributed by atoms with E-state index in [1.54, 1.807) is 6.92 Å². The molecule has 1 fully saturated rings. The van der Waals surface area contributed by atoms with E-state index in [2.05, 4.69) is 9.89 Å². The van der Waals surface area contributed by atoms with Crippen LogP contribution >= 0.6 is 35.7 Å². The molecule has 20 heavy (non-hydrogen) atoms. The molecule has 0 aromatic heterocycles. The summed E-state index contributed by atoms with van der Waals surface area (Å²) in [5.41, 5.74) is 5.88. The summed E-state index contributed by atoms with van der Waals surface area (Å²) in [6.45, 7) is 3.93. The molecule has 1 aliphatic rings. The minimum Gasteiger partial charge on any atom is -0.384 e. The number of hydrogen-bond donors (Lipinski definition) is 2. The average molecular weight is 407 g/mol. The van der Waals surface area contributed by atoms with Crippen LogP contribution in [0, 0.1) is 0 Å². The van der Waals surface area contributed by atoms with Crippen LogP contribution in [0.25, 0.3) is 0 Å². The second-order valence-electron chi connectivity index (χ2n) is 4.91. The summed E-state index contributed by atoms with van der Waals surface area (Å²) in [6, 6.07) is 9.58. The van der Waals surface area contributed by atoms with E-state index in [0.717, 1.165) is 30.2 Å². The van der Waals surface area contributed by atoms with E-state index < -0.39 is 5.60 Å². The molecule has 0 bridgehead atoms. The first-order valence-electron chi connectivity index (χ1n) is 6.50. The monoisotopic (exact) mass is 407 g/mol. The van der Waals surface area contributed by atoms with E-state index in [-0.39, 0.29) is 30.5 Å². The number of hydrogen-bond acceptors (Lipinski definition) is 3. The third kappa shape index (κ3) is 4.82. The standard InChI is InChI=1S/C14H21N3OS.HI/c1-14(18,12-5-3-2-4-6-12)11-16-13(15)17-7-9-19-10-8-17;/h2-6,18H,7-11H2,1H3,(H2,15,16);1H. The number of thioether (sulfide) groups is 1. The van der Waals surface area contributed by atoms with Crippen LogP contribution in [0.2, 0.25) is 0 Å². The molecule has 4 nitrogen and oxygen atoms in total. The average Bonchev–Trinajstić information content (AvgIpc) is 2.47. The van der Waals surface area contributed by atoms with E-state index in [9.17, 15) is 5.11 Å². The molecule has 3 N–H and O–H groups in total. The summed E-state index contributed by atoms with van der Waals surface area (Å²) >= 11 is 1.93. The fraction of sp³-hybridized carbons (Fsp3) is 0.500. The number of halogens is 1. The number of guanidine groups is 1. The first kappa shape index (κ1) is 17.6. The smallest absolute Gasteiger partial charge is 0.191 e. The molecule has 6 heteroatoms. The third-order valence-electron chi connectivity index (χ3n) is 3.28. The zero-order valence-electron chi connectivity index (χ0n) is 11.7. The summed E-state index contributed by atoms with van der Waals surface area (Å²) < 4.78 is 0. The second kappa shape index (κ2) is 8.09. The number of rotatable bonds is 3. The lowest BCUT2D eigenvalue weighted by Crippen LogP contribution is -2.43. The third-order valence-corrected chi connectivity index (χ3v) is 4.22. The van der Waals surface area contributed by atoms with E-state index in [0.29, 0.717) is 5.96 Å². The molecule has 0 aliphatic carbocycles. The van der Waals surface area contributed by atoms with Crippen molar-refractivity contribution in [1.82, 2.24) is 4.90 Å². The summed E-state index contributed by atoms with van der Waals surface area (Å²) in [5.74, 6) is 2.72. The Kier molecular flexibility index (Phi) is 7.11. The van der Waals surface area contributed by atoms with Gasteiger partial charge in [-0.05, 0) is 12.5 Å². The highest BCUT2D eigenvalue weighted by Gasteiger charge is 2.23. The van der Waals surface area contributed by atoms with Crippen LogP contribution in [0.5, 0.6) is 0 Å². The van der Waals surface area contributed by atoms with E-state index in [1.165, 1.54) is 0 Å². The first-order chi connectivity index (χ1) is 9.09. The topological polar surface area (TPSA) is 61.9 Å². The Balaban J connectivity index is 0.00000200. The summed E-state index contributed by atoms with van der Waals surface area (Å²) in [7, 11) is 0. The van der Waals surface area contributed by atoms with Gasteiger partial charge in [0.1, 0.15) is 5.60 Å². The largest absolute Gasteiger partial charge is 0.384 e. The molecule has 112 valence electrons. The molecule has 0 amide bonds. The van der Waals surface area contributed by atoms with Crippen molar-refractivity contribution in [3.8, 4) is 0 Å². The number of nitrogens with two attached hydrogens (primary N) is 1. The van der Waals surface area contributed by atoms with Crippen molar-refractivity contribution >= 4 is 41.7 Å². The maximum absolute atomic E-state index is 10.4. The Morgan fingerprint density at radius 1 is 1.35 bits per heavy atom. The molecule has 1 heterocycles. The molecule has 1 atom stereocenters. The Hall–Kier alpha value is -0.470. The highest BCUT2D eigenvalue weighted by atomic mass is 127. The SMILES string of the molecule is CC(O)(CN=C(N)N1CCSCC1)c1ccccc1.I. The maximum Gasteiger partial charge on any atom is 0.191 e. The molecule has 1 unspecified atom stereocenters. The molecule has 1 saturated heterocycles.